The largest absolute Gasteiger partial charge is 0.0622 e. The molecule has 0 aliphatic carbocycles. The van der Waals surface area contributed by atoms with Crippen LogP contribution in [0.1, 0.15) is 0 Å². The van der Waals surface area contributed by atoms with E-state index in [0.717, 1.165) is 0 Å². The van der Waals surface area contributed by atoms with E-state index in [1.54, 1.807) is 0 Å². The zero-order valence-electron chi connectivity index (χ0n) is 34.2. The maximum Gasteiger partial charge on any atom is -0.00199 e. The second-order valence-corrected chi connectivity index (χ2v) is 16.0. The van der Waals surface area contributed by atoms with Crippen LogP contribution in [0.15, 0.2) is 255 Å². The van der Waals surface area contributed by atoms with E-state index < -0.39 is 0 Å². The first-order valence-corrected chi connectivity index (χ1v) is 21.4. The van der Waals surface area contributed by atoms with Crippen LogP contribution in [0.5, 0.6) is 0 Å². The Morgan fingerprint density at radius 3 is 0.774 bits per heavy atom. The van der Waals surface area contributed by atoms with Gasteiger partial charge in [-0.3, -0.25) is 0 Å². The van der Waals surface area contributed by atoms with Crippen molar-refractivity contribution in [3.63, 3.8) is 0 Å². The first-order valence-electron chi connectivity index (χ1n) is 21.4. The van der Waals surface area contributed by atoms with Gasteiger partial charge in [-0.2, -0.15) is 0 Å². The number of hydrogen-bond donors (Lipinski definition) is 0. The molecule has 0 saturated heterocycles. The normalized spacial score (nSPS) is 11.2. The maximum atomic E-state index is 2.50. The average Bonchev–Trinajstić information content (AvgIpc) is 3.36. The third-order valence-corrected chi connectivity index (χ3v) is 12.3. The average molecular weight is 787 g/mol. The lowest BCUT2D eigenvalue weighted by atomic mass is 9.80. The molecule has 0 unspecified atom stereocenters. The molecule has 0 atom stereocenters. The van der Waals surface area contributed by atoms with Gasteiger partial charge in [-0.25, -0.2) is 0 Å². The second-order valence-electron chi connectivity index (χ2n) is 16.0. The molecule has 0 radical (unpaired) electrons. The van der Waals surface area contributed by atoms with Crippen molar-refractivity contribution >= 4 is 21.5 Å². The van der Waals surface area contributed by atoms with E-state index in [9.17, 15) is 0 Å². The van der Waals surface area contributed by atoms with Gasteiger partial charge in [0.2, 0.25) is 0 Å². The van der Waals surface area contributed by atoms with Gasteiger partial charge in [-0.15, -0.1) is 0 Å². The third kappa shape index (κ3) is 6.88. The molecule has 0 heteroatoms. The van der Waals surface area contributed by atoms with Gasteiger partial charge < -0.3 is 0 Å². The van der Waals surface area contributed by atoms with Crippen molar-refractivity contribution in [3.8, 4) is 89.0 Å². The summed E-state index contributed by atoms with van der Waals surface area (Å²) in [6.45, 7) is 0. The zero-order valence-corrected chi connectivity index (χ0v) is 34.2. The Kier molecular flexibility index (Phi) is 9.65. The number of fused-ring (bicyclic) bond motifs is 2. The molecule has 0 heterocycles. The molecule has 11 aromatic carbocycles. The van der Waals surface area contributed by atoms with E-state index in [4.69, 9.17) is 0 Å². The van der Waals surface area contributed by atoms with Crippen molar-refractivity contribution in [1.82, 2.24) is 0 Å². The fraction of sp³-hybridized carbons (Fsp3) is 0. The van der Waals surface area contributed by atoms with Crippen LogP contribution < -0.4 is 0 Å². The molecule has 0 bridgehead atoms. The molecule has 0 aliphatic heterocycles. The van der Waals surface area contributed by atoms with Gasteiger partial charge in [0.25, 0.3) is 0 Å². The summed E-state index contributed by atoms with van der Waals surface area (Å²) in [6.07, 6.45) is 0. The SMILES string of the molecule is c1ccc(-c2cccc(-c3cc(-c4cccc(-c5ccccc5)c4)c(-c4c5ccccc5c(-c5ccccc5)c5ccccc45)cc3-c3cccc(-c4ccccc4)c3)c2)cc1. The van der Waals surface area contributed by atoms with Crippen LogP contribution in [-0.2, 0) is 0 Å². The van der Waals surface area contributed by atoms with E-state index in [0.29, 0.717) is 0 Å². The Bertz CT molecular complexity index is 3310. The standard InChI is InChI=1S/C62H42/c1-5-20-43(21-6-1)47-28-17-31-50(38-47)57-41-59(52-33-19-30-49(40-52)45-24-9-3-10-25-45)60(42-58(57)51-32-18-29-48(39-51)44-22-7-2-8-23-44)62-55-36-15-13-34-53(55)61(46-26-11-4-12-27-46)54-35-14-16-37-56(54)62/h1-42H. The lowest BCUT2D eigenvalue weighted by molar-refractivity contribution is 1.54. The fourth-order valence-corrected chi connectivity index (χ4v) is 9.35. The van der Waals surface area contributed by atoms with Crippen LogP contribution in [-0.4, -0.2) is 0 Å². The summed E-state index contributed by atoms with van der Waals surface area (Å²) in [6, 6.07) is 93.2. The van der Waals surface area contributed by atoms with E-state index in [1.165, 1.54) is 111 Å². The Labute approximate surface area is 363 Å². The van der Waals surface area contributed by atoms with Crippen molar-refractivity contribution in [2.45, 2.75) is 0 Å². The van der Waals surface area contributed by atoms with Gasteiger partial charge >= 0.3 is 0 Å². The molecule has 0 aromatic heterocycles. The first kappa shape index (κ1) is 37.0. The van der Waals surface area contributed by atoms with Crippen LogP contribution >= 0.6 is 0 Å². The highest BCUT2D eigenvalue weighted by Crippen LogP contribution is 2.49. The summed E-state index contributed by atoms with van der Waals surface area (Å²) in [5.41, 5.74) is 19.2. The molecule has 290 valence electrons. The molecule has 11 rings (SSSR count). The number of rotatable bonds is 8. The van der Waals surface area contributed by atoms with E-state index in [-0.39, 0.29) is 0 Å². The van der Waals surface area contributed by atoms with Gasteiger partial charge in [-0.1, -0.05) is 224 Å². The van der Waals surface area contributed by atoms with Crippen molar-refractivity contribution in [1.29, 1.82) is 0 Å². The molecule has 0 spiro atoms. The van der Waals surface area contributed by atoms with Crippen LogP contribution in [0.4, 0.5) is 0 Å². The predicted octanol–water partition coefficient (Wildman–Crippen LogP) is 17.3. The van der Waals surface area contributed by atoms with E-state index in [1.807, 2.05) is 0 Å². The topological polar surface area (TPSA) is 0 Å². The van der Waals surface area contributed by atoms with Gasteiger partial charge in [0.15, 0.2) is 0 Å². The first-order chi connectivity index (χ1) is 30.8. The molecule has 0 aliphatic rings. The summed E-state index contributed by atoms with van der Waals surface area (Å²) in [5.74, 6) is 0. The Hall–Kier alpha value is -8.06. The number of hydrogen-bond acceptors (Lipinski definition) is 0. The van der Waals surface area contributed by atoms with Gasteiger partial charge in [0.05, 0.1) is 0 Å². The summed E-state index contributed by atoms with van der Waals surface area (Å²) >= 11 is 0. The second kappa shape index (κ2) is 16.2. The summed E-state index contributed by atoms with van der Waals surface area (Å²) in [5, 5.41) is 4.94. The third-order valence-electron chi connectivity index (χ3n) is 12.3. The molecular weight excluding hydrogens is 745 g/mol. The molecule has 0 N–H and O–H groups in total. The molecule has 0 saturated carbocycles. The van der Waals surface area contributed by atoms with Crippen LogP contribution in [0.25, 0.3) is 111 Å². The van der Waals surface area contributed by atoms with Crippen LogP contribution in [0.2, 0.25) is 0 Å². The van der Waals surface area contributed by atoms with Gasteiger partial charge in [-0.05, 0) is 141 Å². The van der Waals surface area contributed by atoms with Gasteiger partial charge in [0, 0.05) is 0 Å². The minimum absolute atomic E-state index is 1.17. The maximum absolute atomic E-state index is 2.50. The highest BCUT2D eigenvalue weighted by molar-refractivity contribution is 6.23. The molecular formula is C62H42. The van der Waals surface area contributed by atoms with Crippen LogP contribution in [0, 0.1) is 0 Å². The van der Waals surface area contributed by atoms with E-state index >= 15 is 0 Å². The summed E-state index contributed by atoms with van der Waals surface area (Å²) in [4.78, 5) is 0. The molecule has 62 heavy (non-hydrogen) atoms. The summed E-state index contributed by atoms with van der Waals surface area (Å²) in [7, 11) is 0. The van der Waals surface area contributed by atoms with Crippen molar-refractivity contribution in [3.05, 3.63) is 255 Å². The Morgan fingerprint density at radius 1 is 0.145 bits per heavy atom. The van der Waals surface area contributed by atoms with Gasteiger partial charge in [0.1, 0.15) is 0 Å². The monoisotopic (exact) mass is 786 g/mol. The smallest absolute Gasteiger partial charge is 0.00199 e. The summed E-state index contributed by atoms with van der Waals surface area (Å²) < 4.78 is 0. The predicted molar refractivity (Wildman–Crippen MR) is 265 cm³/mol. The van der Waals surface area contributed by atoms with Crippen molar-refractivity contribution in [2.75, 3.05) is 0 Å². The molecule has 0 amide bonds. The van der Waals surface area contributed by atoms with Crippen molar-refractivity contribution in [2.24, 2.45) is 0 Å². The molecule has 0 nitrogen and oxygen atoms in total. The minimum Gasteiger partial charge on any atom is -0.0622 e. The highest BCUT2D eigenvalue weighted by atomic mass is 14.3. The van der Waals surface area contributed by atoms with E-state index in [2.05, 4.69) is 255 Å². The lowest BCUT2D eigenvalue weighted by Crippen LogP contribution is -1.96. The Morgan fingerprint density at radius 2 is 0.403 bits per heavy atom. The molecule has 0 fully saturated rings. The van der Waals surface area contributed by atoms with Crippen LogP contribution in [0.3, 0.4) is 0 Å². The quantitative estimate of drug-likeness (QED) is 0.135. The zero-order chi connectivity index (χ0) is 41.2. The molecule has 11 aromatic rings. The van der Waals surface area contributed by atoms with Crippen molar-refractivity contribution < 1.29 is 0 Å². The lowest BCUT2D eigenvalue weighted by Gasteiger charge is -2.23. The highest BCUT2D eigenvalue weighted by Gasteiger charge is 2.22. The fourth-order valence-electron chi connectivity index (χ4n) is 9.35. The minimum atomic E-state index is 1.17. The Balaban J connectivity index is 1.27. The number of benzene rings is 11.